The molecule has 0 fully saturated rings. The minimum Gasteiger partial charge on any atom is -0.744 e. The zero-order chi connectivity index (χ0) is 56.9. The first kappa shape index (κ1) is 80.4. The maximum Gasteiger partial charge on any atom is 1.00 e. The molecule has 4 N–H and O–H groups in total. The van der Waals surface area contributed by atoms with E-state index in [0.717, 1.165) is 42.5 Å². The van der Waals surface area contributed by atoms with E-state index in [1.807, 2.05) is 0 Å². The number of aromatic nitrogens is 6. The quantitative estimate of drug-likeness (QED) is 0.00976. The molecule has 86 heavy (non-hydrogen) atoms. The Morgan fingerprint density at radius 1 is 0.407 bits per heavy atom. The Labute approximate surface area is 634 Å². The molecule has 0 saturated carbocycles. The van der Waals surface area contributed by atoms with Gasteiger partial charge in [0.05, 0.1) is 67.1 Å². The van der Waals surface area contributed by atoms with Crippen LogP contribution in [0.2, 0.25) is 0 Å². The molecule has 0 saturated heterocycles. The first-order valence-electron chi connectivity index (χ1n) is 21.4. The summed E-state index contributed by atoms with van der Waals surface area (Å²) in [6, 6.07) is 29.7. The van der Waals surface area contributed by atoms with Crippen molar-refractivity contribution in [2.24, 2.45) is 0 Å². The fraction of sp³-hybridized carbons (Fsp3) is 0. The molecule has 0 aliphatic rings. The summed E-state index contributed by atoms with van der Waals surface area (Å²) in [7, 11) is -15.4. The molecule has 30 nitrogen and oxygen atoms in total. The molecule has 8 rings (SSSR count). The van der Waals surface area contributed by atoms with Gasteiger partial charge in [-0.2, -0.15) is 42.9 Å². The number of anilines is 8. The van der Waals surface area contributed by atoms with E-state index in [9.17, 15) is 54.7 Å². The molecule has 0 aliphatic carbocycles. The minimum atomic E-state index is -5.27. The Kier molecular flexibility index (Phi) is 35.8. The predicted octanol–water partition coefficient (Wildman–Crippen LogP) is -12.8. The van der Waals surface area contributed by atoms with Crippen molar-refractivity contribution in [1.82, 2.24) is 29.9 Å². The van der Waals surface area contributed by atoms with Crippen LogP contribution in [0.1, 0.15) is 11.1 Å². The number of ether oxygens (including phenoxy) is 2. The summed E-state index contributed by atoms with van der Waals surface area (Å²) in [5, 5.41) is 53.4. The molecule has 42 heteroatoms. The zero-order valence-electron chi connectivity index (χ0n) is 45.2. The smallest absolute Gasteiger partial charge is 0.744 e. The molecule has 2 aromatic heterocycles. The summed E-state index contributed by atoms with van der Waals surface area (Å²) < 4.78 is 136. The maximum absolute atomic E-state index is 12.8. The summed E-state index contributed by atoms with van der Waals surface area (Å²) in [5.41, 5.74) is -0.287. The molecular formula is C44H28N10Na6O20S6. The predicted molar refractivity (Wildman–Crippen MR) is 268 cm³/mol. The third-order valence-electron chi connectivity index (χ3n) is 9.80. The molecule has 0 bridgehead atoms. The summed E-state index contributed by atoms with van der Waals surface area (Å²) in [4.78, 5) is 23.5. The standard InChI is InChI=1S/C44H34N10O20S6.6Na/c55-69-72-75-31-17-20-37(79(61,62)63)34(23-31)48-42-50-40(52-44(54-42)68-30-9-5-2-6-10-30)46-28-16-14-26(38(22-28)80(64,65)66)12-11-25-13-15-27(21-36(25)77-74-71-57)45-39-49-41(53-43(51-39)67-29-7-3-1-4-8-29)47-33-24-32(78(58,59)60)18-19-35(33)76-73-70-56;;;;;;/h1-24,55-57H,(H,58,59,60)(H,61,62,63)(H,64,65,66)(H2,45,47,49,51,53)(H2,46,48,50,52,54);;;;;;/q;6*+1/p-6. The third-order valence-corrected chi connectivity index (χ3v) is 14.3. The molecular weight excluding hydrogens is 1320 g/mol. The molecule has 0 aliphatic heterocycles. The molecule has 8 aromatic rings. The van der Waals surface area contributed by atoms with Gasteiger partial charge in [-0.05, 0) is 96.1 Å². The van der Waals surface area contributed by atoms with Gasteiger partial charge >= 0.3 is 189 Å². The average molecular weight is 1350 g/mol. The van der Waals surface area contributed by atoms with Crippen molar-refractivity contribution < 1.29 is 270 Å². The van der Waals surface area contributed by atoms with E-state index >= 15 is 0 Å². The summed E-state index contributed by atoms with van der Waals surface area (Å²) in [6.45, 7) is 0. The van der Waals surface area contributed by atoms with E-state index < -0.39 is 57.0 Å². The van der Waals surface area contributed by atoms with Crippen LogP contribution in [0.4, 0.5) is 46.5 Å². The van der Waals surface area contributed by atoms with Gasteiger partial charge in [0, 0.05) is 21.2 Å². The molecule has 416 valence electrons. The second-order valence-electron chi connectivity index (χ2n) is 15.0. The average Bonchev–Trinajstić information content (AvgIpc) is 3.59. The Morgan fingerprint density at radius 2 is 0.860 bits per heavy atom. The van der Waals surface area contributed by atoms with E-state index in [4.69, 9.17) is 9.47 Å². The Bertz CT molecular complexity index is 3920. The Morgan fingerprint density at radius 3 is 1.36 bits per heavy atom. The second-order valence-corrected chi connectivity index (χ2v) is 21.4. The monoisotopic (exact) mass is 1350 g/mol. The van der Waals surface area contributed by atoms with E-state index in [2.05, 4.69) is 79.3 Å². The van der Waals surface area contributed by atoms with Crippen LogP contribution in [-0.4, -0.2) is 68.8 Å². The maximum atomic E-state index is 12.8. The molecule has 6 aromatic carbocycles. The topological polar surface area (TPSA) is 440 Å². The van der Waals surface area contributed by atoms with Crippen LogP contribution in [0.15, 0.2) is 163 Å². The normalized spacial score (nSPS) is 11.0. The third kappa shape index (κ3) is 24.4. The van der Waals surface area contributed by atoms with Crippen molar-refractivity contribution in [1.29, 1.82) is 0 Å². The Hall–Kier alpha value is -1.70. The van der Waals surface area contributed by atoms with Crippen LogP contribution in [0.3, 0.4) is 0 Å². The number of para-hydroxylation sites is 2. The van der Waals surface area contributed by atoms with Gasteiger partial charge in [0.15, 0.2) is 0 Å². The van der Waals surface area contributed by atoms with Gasteiger partial charge in [-0.1, -0.05) is 60.7 Å². The summed E-state index contributed by atoms with van der Waals surface area (Å²) in [5.74, 6) is -0.788. The number of nitrogens with zero attached hydrogens (tertiary/aromatic N) is 6. The van der Waals surface area contributed by atoms with Crippen LogP contribution in [0.25, 0.3) is 12.2 Å². The summed E-state index contributed by atoms with van der Waals surface area (Å²) >= 11 is 1.16. The van der Waals surface area contributed by atoms with E-state index in [0.29, 0.717) is 36.1 Å². The fourth-order valence-corrected chi connectivity index (χ4v) is 9.68. The molecule has 0 amide bonds. The molecule has 0 unspecified atom stereocenters. The van der Waals surface area contributed by atoms with Gasteiger partial charge in [-0.3, -0.25) is 15.1 Å². The number of benzene rings is 6. The van der Waals surface area contributed by atoms with Gasteiger partial charge < -0.3 is 60.2 Å². The van der Waals surface area contributed by atoms with Crippen molar-refractivity contribution in [2.45, 2.75) is 29.4 Å². The first-order valence-corrected chi connectivity index (χ1v) is 27.9. The van der Waals surface area contributed by atoms with Crippen molar-refractivity contribution in [3.63, 3.8) is 0 Å². The zero-order valence-corrected chi connectivity index (χ0v) is 62.1. The first-order chi connectivity index (χ1) is 38.3. The van der Waals surface area contributed by atoms with Crippen LogP contribution in [0, 0.1) is 0 Å². The van der Waals surface area contributed by atoms with Crippen molar-refractivity contribution >= 4 is 125 Å². The molecule has 0 atom stereocenters. The number of hydrogen-bond donors (Lipinski definition) is 4. The number of rotatable bonds is 26. The molecule has 2 heterocycles. The minimum absolute atomic E-state index is 0. The van der Waals surface area contributed by atoms with Crippen LogP contribution in [-0.2, 0) is 58.5 Å². The fourth-order valence-electron chi connectivity index (χ4n) is 6.55. The van der Waals surface area contributed by atoms with Crippen LogP contribution >= 0.6 is 36.1 Å². The second kappa shape index (κ2) is 38.3. The van der Waals surface area contributed by atoms with Gasteiger partial charge in [0.2, 0.25) is 23.8 Å². The van der Waals surface area contributed by atoms with E-state index in [-0.39, 0.29) is 261 Å². The van der Waals surface area contributed by atoms with E-state index in [1.165, 1.54) is 42.5 Å². The largest absolute Gasteiger partial charge is 1.00 e. The van der Waals surface area contributed by atoms with Crippen molar-refractivity contribution in [3.8, 4) is 23.5 Å². The summed E-state index contributed by atoms with van der Waals surface area (Å²) in [6.07, 6.45) is 2.62. The Balaban J connectivity index is 0.00000420. The molecule has 0 spiro atoms. The van der Waals surface area contributed by atoms with Gasteiger partial charge in [0.25, 0.3) is 0 Å². The van der Waals surface area contributed by atoms with Gasteiger partial charge in [-0.15, -0.1) is 0 Å². The van der Waals surface area contributed by atoms with Gasteiger partial charge in [0.1, 0.15) is 41.9 Å². The number of hydrogen-bond acceptors (Lipinski definition) is 33. The SMILES string of the molecule is O=S(=O)([O-])c1ccc(SOO[O-])c(Nc2nc(Nc3ccc(C=Cc4ccc(Nc5nc(Nc6cc(SOO[O-])ccc6S(=O)(=O)[O-])nc(Oc6ccccc6)n5)cc4S(=O)(=O)[O-])c(SOO[O-])c3)nc(Oc3ccccc3)n2)c1.[Na+].[Na+].[Na+].[Na+].[Na+].[Na+]. The van der Waals surface area contributed by atoms with Crippen LogP contribution < -0.4 is 224 Å². The van der Waals surface area contributed by atoms with Gasteiger partial charge in [-0.25, -0.2) is 25.3 Å². The van der Waals surface area contributed by atoms with Crippen LogP contribution in [0.5, 0.6) is 23.5 Å². The van der Waals surface area contributed by atoms with Crippen molar-refractivity contribution in [3.05, 3.63) is 145 Å². The number of nitrogens with one attached hydrogen (secondary N) is 4. The van der Waals surface area contributed by atoms with E-state index in [1.54, 1.807) is 60.7 Å². The molecule has 0 radical (unpaired) electrons. The van der Waals surface area contributed by atoms with Crippen molar-refractivity contribution in [2.75, 3.05) is 21.3 Å².